The highest BCUT2D eigenvalue weighted by atomic mass is 16.5. The molecule has 1 fully saturated rings. The fraction of sp³-hybridized carbons (Fsp3) is 0.846. The Morgan fingerprint density at radius 2 is 2.10 bits per heavy atom. The summed E-state index contributed by atoms with van der Waals surface area (Å²) in [7, 11) is 0. The number of ether oxygens (including phenoxy) is 1. The van der Waals surface area contributed by atoms with Crippen molar-refractivity contribution in [3.8, 4) is 0 Å². The van der Waals surface area contributed by atoms with Crippen LogP contribution in [-0.4, -0.2) is 37.4 Å². The first-order valence-electron chi connectivity index (χ1n) is 7.13. The van der Waals surface area contributed by atoms with E-state index in [1.165, 1.54) is 0 Å². The van der Waals surface area contributed by atoms with Crippen molar-refractivity contribution in [2.24, 2.45) is 5.41 Å². The van der Waals surface area contributed by atoms with Crippen LogP contribution in [0.3, 0.4) is 0 Å². The number of aliphatic carboxylic acids is 1. The lowest BCUT2D eigenvalue weighted by Gasteiger charge is -2.32. The van der Waals surface area contributed by atoms with Crippen molar-refractivity contribution in [1.29, 1.82) is 0 Å². The van der Waals surface area contributed by atoms with Gasteiger partial charge in [0.05, 0.1) is 18.1 Å². The number of hydrogen-bond acceptors (Lipinski definition) is 5. The predicted octanol–water partition coefficient (Wildman–Crippen LogP) is 1.63. The summed E-state index contributed by atoms with van der Waals surface area (Å²) in [5.74, 6) is -0.159. The van der Waals surface area contributed by atoms with Gasteiger partial charge in [-0.2, -0.15) is 0 Å². The summed E-state index contributed by atoms with van der Waals surface area (Å²) < 4.78 is 7.08. The Labute approximate surface area is 118 Å². The van der Waals surface area contributed by atoms with E-state index in [-0.39, 0.29) is 6.10 Å². The minimum Gasteiger partial charge on any atom is -0.481 e. The first-order chi connectivity index (χ1) is 9.53. The van der Waals surface area contributed by atoms with E-state index in [0.29, 0.717) is 31.8 Å². The monoisotopic (exact) mass is 282 g/mol. The molecule has 0 saturated heterocycles. The van der Waals surface area contributed by atoms with E-state index >= 15 is 0 Å². The maximum absolute atomic E-state index is 11.7. The molecule has 1 N–H and O–H groups in total. The summed E-state index contributed by atoms with van der Waals surface area (Å²) in [6.45, 7) is 4.51. The van der Waals surface area contributed by atoms with Crippen molar-refractivity contribution in [3.05, 3.63) is 5.82 Å². The number of carboxylic acid groups (broad SMARTS) is 1. The number of hydrogen-bond donors (Lipinski definition) is 1. The van der Waals surface area contributed by atoms with Gasteiger partial charge in [-0.1, -0.05) is 19.3 Å². The van der Waals surface area contributed by atoms with Crippen LogP contribution in [0.5, 0.6) is 0 Å². The van der Waals surface area contributed by atoms with Crippen molar-refractivity contribution in [2.75, 3.05) is 0 Å². The molecule has 2 rings (SSSR count). The van der Waals surface area contributed by atoms with Gasteiger partial charge in [-0.15, -0.1) is 5.10 Å². The van der Waals surface area contributed by atoms with Crippen molar-refractivity contribution in [1.82, 2.24) is 20.2 Å². The van der Waals surface area contributed by atoms with Gasteiger partial charge in [0.15, 0.2) is 5.82 Å². The van der Waals surface area contributed by atoms with Gasteiger partial charge in [-0.05, 0) is 37.1 Å². The fourth-order valence-electron chi connectivity index (χ4n) is 2.65. The minimum absolute atomic E-state index is 0.0864. The second-order valence-electron chi connectivity index (χ2n) is 5.76. The van der Waals surface area contributed by atoms with Gasteiger partial charge >= 0.3 is 5.97 Å². The van der Waals surface area contributed by atoms with Crippen molar-refractivity contribution in [2.45, 2.75) is 65.2 Å². The van der Waals surface area contributed by atoms with Gasteiger partial charge in [-0.3, -0.25) is 4.79 Å². The maximum atomic E-state index is 11.7. The van der Waals surface area contributed by atoms with Crippen LogP contribution < -0.4 is 0 Å². The lowest BCUT2D eigenvalue weighted by atomic mass is 9.74. The molecular formula is C13H22N4O3. The number of rotatable bonds is 6. The summed E-state index contributed by atoms with van der Waals surface area (Å²) >= 11 is 0. The van der Waals surface area contributed by atoms with Gasteiger partial charge in [0, 0.05) is 0 Å². The van der Waals surface area contributed by atoms with Gasteiger partial charge in [0.2, 0.25) is 0 Å². The normalized spacial score (nSPS) is 18.4. The molecule has 0 atom stereocenters. The van der Waals surface area contributed by atoms with Gasteiger partial charge in [-0.25, -0.2) is 4.68 Å². The number of aromatic nitrogens is 4. The number of nitrogens with zero attached hydrogens (tertiary/aromatic N) is 4. The van der Waals surface area contributed by atoms with Crippen LogP contribution in [-0.2, 0) is 22.7 Å². The first kappa shape index (κ1) is 14.9. The third kappa shape index (κ3) is 3.33. The third-order valence-corrected chi connectivity index (χ3v) is 3.87. The molecule has 1 saturated carbocycles. The van der Waals surface area contributed by atoms with Crippen LogP contribution in [0.15, 0.2) is 0 Å². The van der Waals surface area contributed by atoms with Crippen LogP contribution in [0.25, 0.3) is 0 Å². The summed E-state index contributed by atoms with van der Waals surface area (Å²) in [5.41, 5.74) is -0.736. The summed E-state index contributed by atoms with van der Waals surface area (Å²) in [6, 6.07) is 0. The Kier molecular flexibility index (Phi) is 4.69. The minimum atomic E-state index is -0.747. The van der Waals surface area contributed by atoms with Crippen molar-refractivity contribution in [3.63, 3.8) is 0 Å². The van der Waals surface area contributed by atoms with E-state index in [2.05, 4.69) is 15.5 Å². The highest BCUT2D eigenvalue weighted by Crippen LogP contribution is 2.38. The largest absolute Gasteiger partial charge is 0.481 e. The Hall–Kier alpha value is -1.50. The smallest absolute Gasteiger partial charge is 0.311 e. The summed E-state index contributed by atoms with van der Waals surface area (Å²) in [5, 5.41) is 21.1. The molecule has 0 radical (unpaired) electrons. The van der Waals surface area contributed by atoms with Crippen LogP contribution in [0, 0.1) is 5.41 Å². The van der Waals surface area contributed by atoms with E-state index in [0.717, 1.165) is 19.3 Å². The molecule has 0 aliphatic heterocycles. The average molecular weight is 282 g/mol. The zero-order valence-electron chi connectivity index (χ0n) is 12.1. The van der Waals surface area contributed by atoms with Crippen LogP contribution in [0.4, 0.5) is 0 Å². The highest BCUT2D eigenvalue weighted by Gasteiger charge is 2.40. The molecule has 1 aliphatic rings. The molecule has 0 amide bonds. The summed E-state index contributed by atoms with van der Waals surface area (Å²) in [6.07, 6.45) is 4.47. The van der Waals surface area contributed by atoms with E-state index in [4.69, 9.17) is 4.74 Å². The average Bonchev–Trinajstić information content (AvgIpc) is 2.84. The highest BCUT2D eigenvalue weighted by molar-refractivity contribution is 5.74. The quantitative estimate of drug-likeness (QED) is 0.853. The Morgan fingerprint density at radius 1 is 1.40 bits per heavy atom. The lowest BCUT2D eigenvalue weighted by Crippen LogP contribution is -2.38. The number of carbonyl (C=O) groups is 1. The Balaban J connectivity index is 2.11. The standard InChI is InChI=1S/C13H22N4O3/c1-10(2)20-8-11-14-15-16-17(11)9-13(12(18)19)6-4-3-5-7-13/h10H,3-9H2,1-2H3,(H,18,19). The van der Waals surface area contributed by atoms with Gasteiger partial charge in [0.1, 0.15) is 6.61 Å². The van der Waals surface area contributed by atoms with Crippen LogP contribution >= 0.6 is 0 Å². The fourth-order valence-corrected chi connectivity index (χ4v) is 2.65. The molecule has 7 heteroatoms. The van der Waals surface area contributed by atoms with Crippen LogP contribution in [0.1, 0.15) is 51.8 Å². The molecule has 1 aromatic heterocycles. The lowest BCUT2D eigenvalue weighted by molar-refractivity contribution is -0.152. The zero-order chi connectivity index (χ0) is 14.6. The number of carboxylic acids is 1. The SMILES string of the molecule is CC(C)OCc1nnnn1CC1(C(=O)O)CCCCC1. The molecule has 112 valence electrons. The topological polar surface area (TPSA) is 90.1 Å². The Bertz CT molecular complexity index is 452. The molecule has 1 heterocycles. The zero-order valence-corrected chi connectivity index (χ0v) is 12.1. The maximum Gasteiger partial charge on any atom is 0.311 e. The molecule has 1 aromatic rings. The molecule has 0 bridgehead atoms. The summed E-state index contributed by atoms with van der Waals surface area (Å²) in [4.78, 5) is 11.7. The van der Waals surface area contributed by atoms with Crippen LogP contribution in [0.2, 0.25) is 0 Å². The first-order valence-corrected chi connectivity index (χ1v) is 7.13. The second-order valence-corrected chi connectivity index (χ2v) is 5.76. The molecular weight excluding hydrogens is 260 g/mol. The van der Waals surface area contributed by atoms with E-state index < -0.39 is 11.4 Å². The molecule has 0 aromatic carbocycles. The molecule has 0 spiro atoms. The molecule has 7 nitrogen and oxygen atoms in total. The van der Waals surface area contributed by atoms with E-state index in [9.17, 15) is 9.90 Å². The van der Waals surface area contributed by atoms with Crippen molar-refractivity contribution < 1.29 is 14.6 Å². The van der Waals surface area contributed by atoms with Gasteiger partial charge in [0.25, 0.3) is 0 Å². The van der Waals surface area contributed by atoms with E-state index in [1.807, 2.05) is 13.8 Å². The van der Waals surface area contributed by atoms with Gasteiger partial charge < -0.3 is 9.84 Å². The molecule has 20 heavy (non-hydrogen) atoms. The van der Waals surface area contributed by atoms with Crippen molar-refractivity contribution >= 4 is 5.97 Å². The second kappa shape index (κ2) is 6.30. The Morgan fingerprint density at radius 3 is 2.70 bits per heavy atom. The predicted molar refractivity (Wildman–Crippen MR) is 70.9 cm³/mol. The molecule has 1 aliphatic carbocycles. The third-order valence-electron chi connectivity index (χ3n) is 3.87. The number of tetrazole rings is 1. The molecule has 0 unspecified atom stereocenters. The van der Waals surface area contributed by atoms with E-state index in [1.54, 1.807) is 4.68 Å².